The molecule has 3 N–H and O–H groups in total. The first-order valence-corrected chi connectivity index (χ1v) is 12.4. The number of H-pyrrole nitrogens is 1. The van der Waals surface area contributed by atoms with Gasteiger partial charge in [0, 0.05) is 11.1 Å². The molecule has 1 aliphatic rings. The van der Waals surface area contributed by atoms with E-state index in [2.05, 4.69) is 9.97 Å². The fourth-order valence-corrected chi connectivity index (χ4v) is 4.78. The van der Waals surface area contributed by atoms with Gasteiger partial charge in [-0.25, -0.2) is 4.98 Å². The first-order valence-electron chi connectivity index (χ1n) is 12.4. The molecule has 0 bridgehead atoms. The van der Waals surface area contributed by atoms with Crippen molar-refractivity contribution < 1.29 is 24.5 Å². The molecule has 5 rings (SSSR count). The van der Waals surface area contributed by atoms with Gasteiger partial charge in [0.15, 0.2) is 0 Å². The molecule has 194 valence electrons. The lowest BCUT2D eigenvalue weighted by Gasteiger charge is -2.25. The zero-order valence-electron chi connectivity index (χ0n) is 21.6. The van der Waals surface area contributed by atoms with Crippen molar-refractivity contribution in [3.63, 3.8) is 0 Å². The third-order valence-corrected chi connectivity index (χ3v) is 6.62. The molecule has 1 fully saturated rings. The SMILES string of the molecule is CCOc1ccc(/C(O)=C2\C(=O)C(=O)N(c3nc4ccccc4[nH]3)C2c2ccc(O)cc2)cc1C(C)(C)C. The molecule has 0 saturated carbocycles. The van der Waals surface area contributed by atoms with Crippen LogP contribution in [0.4, 0.5) is 5.95 Å². The Hall–Kier alpha value is -4.59. The Balaban J connectivity index is 1.72. The first-order chi connectivity index (χ1) is 18.1. The van der Waals surface area contributed by atoms with Crippen molar-refractivity contribution in [2.45, 2.75) is 39.2 Å². The third kappa shape index (κ3) is 4.28. The molecule has 8 nitrogen and oxygen atoms in total. The highest BCUT2D eigenvalue weighted by atomic mass is 16.5. The second kappa shape index (κ2) is 9.37. The number of carbonyl (C=O) groups is 2. The number of amides is 1. The Labute approximate surface area is 220 Å². The summed E-state index contributed by atoms with van der Waals surface area (Å²) in [7, 11) is 0. The van der Waals surface area contributed by atoms with Crippen LogP contribution in [-0.2, 0) is 15.0 Å². The number of fused-ring (bicyclic) bond motifs is 1. The lowest BCUT2D eigenvalue weighted by molar-refractivity contribution is -0.132. The molecule has 8 heteroatoms. The van der Waals surface area contributed by atoms with Gasteiger partial charge in [-0.15, -0.1) is 0 Å². The number of aromatic hydroxyl groups is 1. The number of nitrogens with one attached hydrogen (secondary N) is 1. The maximum Gasteiger partial charge on any atom is 0.302 e. The van der Waals surface area contributed by atoms with Crippen molar-refractivity contribution in [1.29, 1.82) is 0 Å². The Morgan fingerprint density at radius 1 is 1.05 bits per heavy atom. The van der Waals surface area contributed by atoms with Crippen molar-refractivity contribution >= 4 is 34.4 Å². The highest BCUT2D eigenvalue weighted by Gasteiger charge is 2.48. The lowest BCUT2D eigenvalue weighted by atomic mass is 9.84. The predicted molar refractivity (Wildman–Crippen MR) is 145 cm³/mol. The van der Waals surface area contributed by atoms with Crippen LogP contribution in [0.2, 0.25) is 0 Å². The molecule has 1 saturated heterocycles. The number of hydrogen-bond donors (Lipinski definition) is 3. The molecule has 2 heterocycles. The van der Waals surface area contributed by atoms with Crippen LogP contribution in [0.25, 0.3) is 16.8 Å². The molecule has 0 radical (unpaired) electrons. The smallest absolute Gasteiger partial charge is 0.302 e. The number of imidazole rings is 1. The summed E-state index contributed by atoms with van der Waals surface area (Å²) < 4.78 is 5.80. The highest BCUT2D eigenvalue weighted by Crippen LogP contribution is 2.43. The molecule has 1 amide bonds. The van der Waals surface area contributed by atoms with Crippen LogP contribution in [0.3, 0.4) is 0 Å². The molecule has 1 aromatic heterocycles. The maximum atomic E-state index is 13.5. The van der Waals surface area contributed by atoms with Gasteiger partial charge in [-0.3, -0.25) is 14.5 Å². The number of carbonyl (C=O) groups excluding carboxylic acids is 2. The average Bonchev–Trinajstić information content (AvgIpc) is 3.42. The first kappa shape index (κ1) is 25.1. The van der Waals surface area contributed by atoms with Gasteiger partial charge in [-0.05, 0) is 60.4 Å². The number of phenolic OH excluding ortho intramolecular Hbond substituents is 1. The van der Waals surface area contributed by atoms with Crippen LogP contribution in [0.5, 0.6) is 11.5 Å². The number of aliphatic hydroxyl groups excluding tert-OH is 1. The zero-order chi connectivity index (χ0) is 27.2. The van der Waals surface area contributed by atoms with Gasteiger partial charge >= 0.3 is 5.91 Å². The summed E-state index contributed by atoms with van der Waals surface area (Å²) in [6.07, 6.45) is 0. The molecule has 1 aliphatic heterocycles. The van der Waals surface area contributed by atoms with Crippen molar-refractivity contribution in [2.75, 3.05) is 11.5 Å². The van der Waals surface area contributed by atoms with Crippen molar-refractivity contribution in [3.8, 4) is 11.5 Å². The minimum absolute atomic E-state index is 0.0378. The number of aromatic amines is 1. The Bertz CT molecular complexity index is 1540. The molecule has 0 aliphatic carbocycles. The third-order valence-electron chi connectivity index (χ3n) is 6.62. The van der Waals surface area contributed by atoms with E-state index in [1.807, 2.05) is 45.9 Å². The van der Waals surface area contributed by atoms with Gasteiger partial charge in [0.1, 0.15) is 17.3 Å². The molecule has 1 atom stereocenters. The van der Waals surface area contributed by atoms with E-state index in [1.165, 1.54) is 17.0 Å². The van der Waals surface area contributed by atoms with E-state index in [0.29, 0.717) is 34.5 Å². The number of hydrogen-bond acceptors (Lipinski definition) is 6. The Morgan fingerprint density at radius 3 is 2.42 bits per heavy atom. The van der Waals surface area contributed by atoms with Crippen LogP contribution < -0.4 is 9.64 Å². The minimum atomic E-state index is -0.971. The second-order valence-corrected chi connectivity index (χ2v) is 10.2. The van der Waals surface area contributed by atoms with Gasteiger partial charge < -0.3 is 19.9 Å². The van der Waals surface area contributed by atoms with Crippen molar-refractivity contribution in [2.24, 2.45) is 0 Å². The van der Waals surface area contributed by atoms with E-state index < -0.39 is 17.7 Å². The summed E-state index contributed by atoms with van der Waals surface area (Å²) in [6, 6.07) is 17.8. The number of Topliss-reactive ketones (excluding diaryl/α,β-unsaturated/α-hetero) is 1. The number of para-hydroxylation sites is 2. The summed E-state index contributed by atoms with van der Waals surface area (Å²) in [5, 5.41) is 21.4. The van der Waals surface area contributed by atoms with Crippen LogP contribution in [0.15, 0.2) is 72.3 Å². The van der Waals surface area contributed by atoms with Gasteiger partial charge in [0.2, 0.25) is 5.95 Å². The number of rotatable bonds is 5. The zero-order valence-corrected chi connectivity index (χ0v) is 21.6. The summed E-state index contributed by atoms with van der Waals surface area (Å²) >= 11 is 0. The number of anilines is 1. The highest BCUT2D eigenvalue weighted by molar-refractivity contribution is 6.51. The van der Waals surface area contributed by atoms with Crippen LogP contribution in [0.1, 0.15) is 50.4 Å². The monoisotopic (exact) mass is 511 g/mol. The number of phenols is 1. The summed E-state index contributed by atoms with van der Waals surface area (Å²) in [6.45, 7) is 8.48. The summed E-state index contributed by atoms with van der Waals surface area (Å²) in [5.74, 6) is -1.02. The van der Waals surface area contributed by atoms with E-state index in [-0.39, 0.29) is 28.4 Å². The topological polar surface area (TPSA) is 116 Å². The van der Waals surface area contributed by atoms with Crippen molar-refractivity contribution in [1.82, 2.24) is 9.97 Å². The Kier molecular flexibility index (Phi) is 6.18. The molecular formula is C30H29N3O5. The molecule has 38 heavy (non-hydrogen) atoms. The van der Waals surface area contributed by atoms with E-state index in [4.69, 9.17) is 4.74 Å². The summed E-state index contributed by atoms with van der Waals surface area (Å²) in [4.78, 5) is 35.9. The number of ether oxygens (including phenoxy) is 1. The van der Waals surface area contributed by atoms with Gasteiger partial charge in [0.05, 0.1) is 29.3 Å². The van der Waals surface area contributed by atoms with Gasteiger partial charge in [-0.1, -0.05) is 45.0 Å². The van der Waals surface area contributed by atoms with E-state index in [1.54, 1.807) is 36.4 Å². The van der Waals surface area contributed by atoms with Crippen LogP contribution in [0, 0.1) is 0 Å². The van der Waals surface area contributed by atoms with Crippen molar-refractivity contribution in [3.05, 3.63) is 89.0 Å². The average molecular weight is 512 g/mol. The molecule has 0 spiro atoms. The molecule has 4 aromatic rings. The van der Waals surface area contributed by atoms with Crippen LogP contribution >= 0.6 is 0 Å². The predicted octanol–water partition coefficient (Wildman–Crippen LogP) is 5.59. The number of aromatic nitrogens is 2. The number of aliphatic hydroxyl groups is 1. The number of benzene rings is 3. The fourth-order valence-electron chi connectivity index (χ4n) is 4.78. The maximum absolute atomic E-state index is 13.5. The largest absolute Gasteiger partial charge is 0.508 e. The van der Waals surface area contributed by atoms with Gasteiger partial charge in [-0.2, -0.15) is 0 Å². The van der Waals surface area contributed by atoms with Crippen LogP contribution in [-0.4, -0.2) is 38.5 Å². The molecule has 3 aromatic carbocycles. The minimum Gasteiger partial charge on any atom is -0.508 e. The number of nitrogens with zero attached hydrogens (tertiary/aromatic N) is 2. The summed E-state index contributed by atoms with van der Waals surface area (Å²) in [5.41, 5.74) is 2.75. The standard InChI is InChI=1S/C30H29N3O5/c1-5-38-23-15-12-18(16-20(23)30(2,3)4)26(35)24-25(17-10-13-19(34)14-11-17)33(28(37)27(24)36)29-31-21-8-6-7-9-22(21)32-29/h6-16,25,34-35H,5H2,1-4H3,(H,31,32)/b26-24+. The normalized spacial score (nSPS) is 17.4. The molecular weight excluding hydrogens is 482 g/mol. The van der Waals surface area contributed by atoms with E-state index in [9.17, 15) is 19.8 Å². The second-order valence-electron chi connectivity index (χ2n) is 10.2. The van der Waals surface area contributed by atoms with Gasteiger partial charge in [0.25, 0.3) is 5.78 Å². The molecule has 1 unspecified atom stereocenters. The quantitative estimate of drug-likeness (QED) is 0.183. The van der Waals surface area contributed by atoms with E-state index in [0.717, 1.165) is 5.56 Å². The van der Waals surface area contributed by atoms with E-state index >= 15 is 0 Å². The fraction of sp³-hybridized carbons (Fsp3) is 0.233. The Morgan fingerprint density at radius 2 is 1.76 bits per heavy atom. The number of ketones is 1. The lowest BCUT2D eigenvalue weighted by Crippen LogP contribution is -2.30.